The fraction of sp³-hybridized carbons (Fsp3) is 0.474. The number of amides is 1. The van der Waals surface area contributed by atoms with Crippen LogP contribution in [-0.2, 0) is 19.1 Å². The van der Waals surface area contributed by atoms with Crippen LogP contribution in [0.2, 0.25) is 5.02 Å². The van der Waals surface area contributed by atoms with E-state index in [1.807, 2.05) is 31.2 Å². The van der Waals surface area contributed by atoms with Gasteiger partial charge in [-0.15, -0.1) is 0 Å². The Kier molecular flexibility index (Phi) is 4.08. The van der Waals surface area contributed by atoms with Crippen LogP contribution in [0.3, 0.4) is 0 Å². The smallest absolute Gasteiger partial charge is 0.312 e. The van der Waals surface area contributed by atoms with E-state index >= 15 is 0 Å². The van der Waals surface area contributed by atoms with Crippen molar-refractivity contribution in [1.29, 1.82) is 0 Å². The average molecular weight is 362 g/mol. The molecule has 4 atom stereocenters. The van der Waals surface area contributed by atoms with Gasteiger partial charge in [0.05, 0.1) is 25.2 Å². The quantitative estimate of drug-likeness (QED) is 0.459. The molecule has 0 aliphatic carbocycles. The summed E-state index contributed by atoms with van der Waals surface area (Å²) in [5, 5.41) is 0.614. The van der Waals surface area contributed by atoms with Gasteiger partial charge in [0.1, 0.15) is 11.5 Å². The van der Waals surface area contributed by atoms with Crippen LogP contribution in [0.1, 0.15) is 19.8 Å². The standard InChI is InChI=1S/C19H20ClNO4/c1-2-3-10-24-18(23)15-14-8-9-19(25-14)11-21(17(22)16(15)19)13-6-4-12(20)5-7-13/h4-9,14-16H,2-3,10-11H2,1H3/t14-,15-,16-,19+/m0/s1. The molecule has 25 heavy (non-hydrogen) atoms. The van der Waals surface area contributed by atoms with Crippen LogP contribution in [-0.4, -0.2) is 36.7 Å². The minimum absolute atomic E-state index is 0.0911. The van der Waals surface area contributed by atoms with Gasteiger partial charge in [-0.25, -0.2) is 0 Å². The van der Waals surface area contributed by atoms with Crippen molar-refractivity contribution in [3.05, 3.63) is 41.4 Å². The third-order valence-corrected chi connectivity index (χ3v) is 5.50. The fourth-order valence-electron chi connectivity index (χ4n) is 4.02. The Morgan fingerprint density at radius 1 is 1.40 bits per heavy atom. The Labute approximate surface area is 151 Å². The summed E-state index contributed by atoms with van der Waals surface area (Å²) >= 11 is 5.94. The second kappa shape index (κ2) is 6.15. The maximum atomic E-state index is 13.1. The Morgan fingerprint density at radius 3 is 2.88 bits per heavy atom. The number of unbranched alkanes of at least 4 members (excludes halogenated alkanes) is 1. The van der Waals surface area contributed by atoms with Crippen molar-refractivity contribution in [3.8, 4) is 0 Å². The number of carbonyl (C=O) groups excluding carboxylic acids is 2. The number of rotatable bonds is 5. The highest BCUT2D eigenvalue weighted by Gasteiger charge is 2.67. The molecule has 4 rings (SSSR count). The molecule has 1 spiro atoms. The Bertz CT molecular complexity index is 731. The summed E-state index contributed by atoms with van der Waals surface area (Å²) in [6, 6.07) is 7.12. The van der Waals surface area contributed by atoms with Gasteiger partial charge in [-0.1, -0.05) is 37.1 Å². The zero-order valence-corrected chi connectivity index (χ0v) is 14.7. The SMILES string of the molecule is CCCCOC(=O)[C@H]1[C@@H]2C=C[C@]3(CN(c4ccc(Cl)cc4)C(=O)[C@H]13)O2. The van der Waals surface area contributed by atoms with Crippen LogP contribution < -0.4 is 4.90 Å². The molecule has 2 saturated heterocycles. The van der Waals surface area contributed by atoms with E-state index in [-0.39, 0.29) is 18.0 Å². The lowest BCUT2D eigenvalue weighted by Crippen LogP contribution is -2.40. The fourth-order valence-corrected chi connectivity index (χ4v) is 4.15. The zero-order valence-electron chi connectivity index (χ0n) is 14.0. The van der Waals surface area contributed by atoms with E-state index in [9.17, 15) is 9.59 Å². The molecule has 2 fully saturated rings. The van der Waals surface area contributed by atoms with Crippen molar-refractivity contribution in [3.63, 3.8) is 0 Å². The van der Waals surface area contributed by atoms with Crippen LogP contribution >= 0.6 is 11.6 Å². The van der Waals surface area contributed by atoms with E-state index < -0.39 is 17.4 Å². The van der Waals surface area contributed by atoms with Crippen LogP contribution in [0.25, 0.3) is 0 Å². The molecule has 3 heterocycles. The Balaban J connectivity index is 1.59. The molecule has 3 aliphatic rings. The molecule has 1 aromatic carbocycles. The highest BCUT2D eigenvalue weighted by Crippen LogP contribution is 2.52. The van der Waals surface area contributed by atoms with Gasteiger partial charge >= 0.3 is 5.97 Å². The van der Waals surface area contributed by atoms with Crippen LogP contribution in [0, 0.1) is 11.8 Å². The third-order valence-electron chi connectivity index (χ3n) is 5.25. The van der Waals surface area contributed by atoms with Gasteiger partial charge in [-0.2, -0.15) is 0 Å². The largest absolute Gasteiger partial charge is 0.465 e. The number of fused-ring (bicyclic) bond motifs is 1. The van der Waals surface area contributed by atoms with E-state index in [0.29, 0.717) is 18.2 Å². The van der Waals surface area contributed by atoms with Crippen molar-refractivity contribution in [2.75, 3.05) is 18.1 Å². The summed E-state index contributed by atoms with van der Waals surface area (Å²) in [5.74, 6) is -1.51. The molecule has 0 unspecified atom stereocenters. The van der Waals surface area contributed by atoms with Crippen LogP contribution in [0.5, 0.6) is 0 Å². The molecule has 3 aliphatic heterocycles. The first-order valence-corrected chi connectivity index (χ1v) is 9.04. The van der Waals surface area contributed by atoms with E-state index in [1.54, 1.807) is 17.0 Å². The highest BCUT2D eigenvalue weighted by atomic mass is 35.5. The van der Waals surface area contributed by atoms with Gasteiger partial charge in [-0.05, 0) is 30.7 Å². The summed E-state index contributed by atoms with van der Waals surface area (Å²) < 4.78 is 11.5. The van der Waals surface area contributed by atoms with Gasteiger partial charge in [0.25, 0.3) is 0 Å². The van der Waals surface area contributed by atoms with Crippen molar-refractivity contribution in [2.24, 2.45) is 11.8 Å². The number of esters is 1. The van der Waals surface area contributed by atoms with Crippen molar-refractivity contribution >= 4 is 29.2 Å². The number of benzene rings is 1. The monoisotopic (exact) mass is 361 g/mol. The molecule has 1 aromatic rings. The maximum Gasteiger partial charge on any atom is 0.312 e. The van der Waals surface area contributed by atoms with Crippen LogP contribution in [0.15, 0.2) is 36.4 Å². The summed E-state index contributed by atoms with van der Waals surface area (Å²) in [6.45, 7) is 2.83. The molecule has 0 N–H and O–H groups in total. The molecule has 1 amide bonds. The summed E-state index contributed by atoms with van der Waals surface area (Å²) in [7, 11) is 0. The van der Waals surface area contributed by atoms with Crippen molar-refractivity contribution in [2.45, 2.75) is 31.5 Å². The molecule has 132 valence electrons. The normalized spacial score (nSPS) is 32.3. The molecular formula is C19H20ClNO4. The first-order valence-electron chi connectivity index (χ1n) is 8.66. The predicted molar refractivity (Wildman–Crippen MR) is 93.4 cm³/mol. The molecule has 0 aromatic heterocycles. The van der Waals surface area contributed by atoms with E-state index in [2.05, 4.69) is 0 Å². The number of nitrogens with zero attached hydrogens (tertiary/aromatic N) is 1. The second-order valence-electron chi connectivity index (χ2n) is 6.82. The molecular weight excluding hydrogens is 342 g/mol. The van der Waals surface area contributed by atoms with E-state index in [4.69, 9.17) is 21.1 Å². The van der Waals surface area contributed by atoms with Crippen molar-refractivity contribution in [1.82, 2.24) is 0 Å². The highest BCUT2D eigenvalue weighted by molar-refractivity contribution is 6.30. The lowest BCUT2D eigenvalue weighted by molar-refractivity contribution is -0.152. The Hall–Kier alpha value is -1.85. The minimum Gasteiger partial charge on any atom is -0.465 e. The van der Waals surface area contributed by atoms with Gasteiger partial charge in [0.2, 0.25) is 5.91 Å². The second-order valence-corrected chi connectivity index (χ2v) is 7.26. The molecule has 0 radical (unpaired) electrons. The average Bonchev–Trinajstić information content (AvgIpc) is 3.24. The maximum absolute atomic E-state index is 13.1. The zero-order chi connectivity index (χ0) is 17.6. The van der Waals surface area contributed by atoms with E-state index in [1.165, 1.54) is 0 Å². The summed E-state index contributed by atoms with van der Waals surface area (Å²) in [6.07, 6.45) is 5.23. The Morgan fingerprint density at radius 2 is 2.16 bits per heavy atom. The number of carbonyl (C=O) groups is 2. The number of ether oxygens (including phenoxy) is 2. The first-order chi connectivity index (χ1) is 12.1. The molecule has 5 nitrogen and oxygen atoms in total. The van der Waals surface area contributed by atoms with Crippen LogP contribution in [0.4, 0.5) is 5.69 Å². The number of hydrogen-bond acceptors (Lipinski definition) is 4. The molecule has 2 bridgehead atoms. The number of anilines is 1. The van der Waals surface area contributed by atoms with E-state index in [0.717, 1.165) is 18.5 Å². The number of halogens is 1. The predicted octanol–water partition coefficient (Wildman–Crippen LogP) is 2.97. The third kappa shape index (κ3) is 2.57. The van der Waals surface area contributed by atoms with Crippen molar-refractivity contribution < 1.29 is 19.1 Å². The lowest BCUT2D eigenvalue weighted by Gasteiger charge is -2.22. The van der Waals surface area contributed by atoms with Gasteiger partial charge in [0.15, 0.2) is 0 Å². The van der Waals surface area contributed by atoms with Gasteiger partial charge < -0.3 is 14.4 Å². The molecule has 6 heteroatoms. The minimum atomic E-state index is -0.726. The molecule has 0 saturated carbocycles. The van der Waals surface area contributed by atoms with Gasteiger partial charge in [-0.3, -0.25) is 9.59 Å². The summed E-state index contributed by atoms with van der Waals surface area (Å²) in [4.78, 5) is 27.3. The number of hydrogen-bond donors (Lipinski definition) is 0. The summed E-state index contributed by atoms with van der Waals surface area (Å²) in [5.41, 5.74) is 0.0345. The van der Waals surface area contributed by atoms with Gasteiger partial charge in [0, 0.05) is 10.7 Å². The lowest BCUT2D eigenvalue weighted by atomic mass is 9.77. The topological polar surface area (TPSA) is 55.8 Å². The first kappa shape index (κ1) is 16.6.